The number of hydrogen-bond donors (Lipinski definition) is 1. The second-order valence-electron chi connectivity index (χ2n) is 3.40. The summed E-state index contributed by atoms with van der Waals surface area (Å²) in [6.45, 7) is 3.65. The van der Waals surface area contributed by atoms with E-state index in [1.807, 2.05) is 18.2 Å². The molecule has 0 fully saturated rings. The maximum absolute atomic E-state index is 9.91. The van der Waals surface area contributed by atoms with Gasteiger partial charge < -0.3 is 5.11 Å². The third-order valence-corrected chi connectivity index (χ3v) is 3.04. The fourth-order valence-corrected chi connectivity index (χ4v) is 2.00. The normalized spacial score (nSPS) is 12.5. The van der Waals surface area contributed by atoms with Crippen LogP contribution in [0.15, 0.2) is 35.3 Å². The summed E-state index contributed by atoms with van der Waals surface area (Å²) in [5.74, 6) is 0. The molecule has 82 valence electrons. The standard InChI is InChI=1S/C12H14BrClO/c1-2-3-4-5-12(15)10-8-9(13)6-7-11(10)14/h2,6-8,12,15H,1,3-5H2. The van der Waals surface area contributed by atoms with E-state index in [1.165, 1.54) is 0 Å². The highest BCUT2D eigenvalue weighted by molar-refractivity contribution is 9.10. The molecule has 0 aromatic heterocycles. The van der Waals surface area contributed by atoms with Gasteiger partial charge in [-0.05, 0) is 37.5 Å². The summed E-state index contributed by atoms with van der Waals surface area (Å²) >= 11 is 9.36. The second-order valence-corrected chi connectivity index (χ2v) is 4.72. The van der Waals surface area contributed by atoms with Crippen molar-refractivity contribution in [3.63, 3.8) is 0 Å². The molecule has 0 saturated heterocycles. The number of unbranched alkanes of at least 4 members (excludes halogenated alkanes) is 1. The molecule has 0 bridgehead atoms. The van der Waals surface area contributed by atoms with Gasteiger partial charge in [-0.3, -0.25) is 0 Å². The van der Waals surface area contributed by atoms with Crippen LogP contribution in [0.25, 0.3) is 0 Å². The van der Waals surface area contributed by atoms with E-state index in [0.717, 1.165) is 22.9 Å². The molecule has 0 heterocycles. The predicted molar refractivity (Wildman–Crippen MR) is 68.2 cm³/mol. The van der Waals surface area contributed by atoms with Crippen LogP contribution < -0.4 is 0 Å². The van der Waals surface area contributed by atoms with Crippen LogP contribution in [0.2, 0.25) is 5.02 Å². The van der Waals surface area contributed by atoms with Gasteiger partial charge in [0.1, 0.15) is 0 Å². The van der Waals surface area contributed by atoms with Crippen molar-refractivity contribution in [3.8, 4) is 0 Å². The molecule has 0 amide bonds. The molecule has 0 aliphatic heterocycles. The molecule has 0 spiro atoms. The molecule has 1 aromatic carbocycles. The molecule has 1 nitrogen and oxygen atoms in total. The average molecular weight is 290 g/mol. The Morgan fingerprint density at radius 3 is 2.93 bits per heavy atom. The SMILES string of the molecule is C=CCCCC(O)c1cc(Br)ccc1Cl. The van der Waals surface area contributed by atoms with Crippen LogP contribution in [-0.4, -0.2) is 5.11 Å². The Morgan fingerprint density at radius 2 is 2.27 bits per heavy atom. The zero-order valence-corrected chi connectivity index (χ0v) is 10.8. The van der Waals surface area contributed by atoms with Gasteiger partial charge in [0.15, 0.2) is 0 Å². The quantitative estimate of drug-likeness (QED) is 0.625. The van der Waals surface area contributed by atoms with Gasteiger partial charge in [-0.25, -0.2) is 0 Å². The summed E-state index contributed by atoms with van der Waals surface area (Å²) in [5.41, 5.74) is 0.787. The van der Waals surface area contributed by atoms with Crippen molar-refractivity contribution in [2.75, 3.05) is 0 Å². The lowest BCUT2D eigenvalue weighted by atomic mass is 10.0. The number of rotatable bonds is 5. The Kier molecular flexibility index (Phi) is 5.37. The van der Waals surface area contributed by atoms with Crippen LogP contribution in [-0.2, 0) is 0 Å². The van der Waals surface area contributed by atoms with E-state index in [0.29, 0.717) is 11.4 Å². The number of halogens is 2. The summed E-state index contributed by atoms with van der Waals surface area (Å²) < 4.78 is 0.935. The number of benzene rings is 1. The first-order valence-electron chi connectivity index (χ1n) is 4.89. The molecule has 0 saturated carbocycles. The van der Waals surface area contributed by atoms with E-state index >= 15 is 0 Å². The van der Waals surface area contributed by atoms with Crippen molar-refractivity contribution >= 4 is 27.5 Å². The number of allylic oxidation sites excluding steroid dienone is 1. The van der Waals surface area contributed by atoms with Crippen LogP contribution >= 0.6 is 27.5 Å². The first kappa shape index (κ1) is 12.8. The van der Waals surface area contributed by atoms with E-state index in [2.05, 4.69) is 22.5 Å². The average Bonchev–Trinajstić information content (AvgIpc) is 2.22. The molecule has 1 unspecified atom stereocenters. The first-order chi connectivity index (χ1) is 7.15. The van der Waals surface area contributed by atoms with Gasteiger partial charge in [0.05, 0.1) is 6.10 Å². The minimum absolute atomic E-state index is 0.491. The molecule has 1 aromatic rings. The van der Waals surface area contributed by atoms with E-state index in [-0.39, 0.29) is 0 Å². The van der Waals surface area contributed by atoms with Gasteiger partial charge >= 0.3 is 0 Å². The topological polar surface area (TPSA) is 20.2 Å². The van der Waals surface area contributed by atoms with Gasteiger partial charge in [-0.1, -0.05) is 33.6 Å². The summed E-state index contributed by atoms with van der Waals surface area (Å²) in [6.07, 6.45) is 3.92. The Labute approximate surface area is 104 Å². The molecule has 1 atom stereocenters. The van der Waals surface area contributed by atoms with Crippen LogP contribution in [0.1, 0.15) is 30.9 Å². The summed E-state index contributed by atoms with van der Waals surface area (Å²) in [5, 5.41) is 10.5. The monoisotopic (exact) mass is 288 g/mol. The van der Waals surface area contributed by atoms with Crippen molar-refractivity contribution in [2.24, 2.45) is 0 Å². The highest BCUT2D eigenvalue weighted by Gasteiger charge is 2.11. The molecule has 0 aliphatic carbocycles. The highest BCUT2D eigenvalue weighted by atomic mass is 79.9. The Morgan fingerprint density at radius 1 is 1.53 bits per heavy atom. The Bertz CT molecular complexity index is 338. The minimum atomic E-state index is -0.491. The van der Waals surface area contributed by atoms with E-state index < -0.39 is 6.10 Å². The number of hydrogen-bond acceptors (Lipinski definition) is 1. The highest BCUT2D eigenvalue weighted by Crippen LogP contribution is 2.29. The lowest BCUT2D eigenvalue weighted by molar-refractivity contribution is 0.165. The minimum Gasteiger partial charge on any atom is -0.388 e. The molecule has 1 N–H and O–H groups in total. The zero-order chi connectivity index (χ0) is 11.3. The number of aliphatic hydroxyl groups excluding tert-OH is 1. The fourth-order valence-electron chi connectivity index (χ4n) is 1.38. The molecule has 15 heavy (non-hydrogen) atoms. The Balaban J connectivity index is 2.67. The van der Waals surface area contributed by atoms with Crippen molar-refractivity contribution in [1.82, 2.24) is 0 Å². The third-order valence-electron chi connectivity index (χ3n) is 2.20. The molecular formula is C12H14BrClO. The first-order valence-corrected chi connectivity index (χ1v) is 6.06. The molecule has 1 rings (SSSR count). The molecular weight excluding hydrogens is 275 g/mol. The predicted octanol–water partition coefficient (Wildman–Crippen LogP) is 4.49. The summed E-state index contributed by atoms with van der Waals surface area (Å²) in [7, 11) is 0. The van der Waals surface area contributed by atoms with E-state index in [4.69, 9.17) is 11.6 Å². The van der Waals surface area contributed by atoms with Crippen molar-refractivity contribution in [3.05, 3.63) is 45.9 Å². The van der Waals surface area contributed by atoms with Gasteiger partial charge in [-0.15, -0.1) is 6.58 Å². The smallest absolute Gasteiger partial charge is 0.0805 e. The summed E-state index contributed by atoms with van der Waals surface area (Å²) in [6, 6.07) is 5.51. The van der Waals surface area contributed by atoms with Gasteiger partial charge in [0.2, 0.25) is 0 Å². The maximum Gasteiger partial charge on any atom is 0.0805 e. The summed E-state index contributed by atoms with van der Waals surface area (Å²) in [4.78, 5) is 0. The molecule has 0 radical (unpaired) electrons. The lowest BCUT2D eigenvalue weighted by Crippen LogP contribution is -1.98. The van der Waals surface area contributed by atoms with E-state index in [1.54, 1.807) is 6.07 Å². The maximum atomic E-state index is 9.91. The Hall–Kier alpha value is -0.310. The van der Waals surface area contributed by atoms with Crippen LogP contribution in [0.5, 0.6) is 0 Å². The van der Waals surface area contributed by atoms with Crippen LogP contribution in [0.3, 0.4) is 0 Å². The van der Waals surface area contributed by atoms with Gasteiger partial charge in [0.25, 0.3) is 0 Å². The fraction of sp³-hybridized carbons (Fsp3) is 0.333. The van der Waals surface area contributed by atoms with Crippen LogP contribution in [0.4, 0.5) is 0 Å². The second kappa shape index (κ2) is 6.31. The van der Waals surface area contributed by atoms with E-state index in [9.17, 15) is 5.11 Å². The van der Waals surface area contributed by atoms with Crippen molar-refractivity contribution in [1.29, 1.82) is 0 Å². The van der Waals surface area contributed by atoms with Gasteiger partial charge in [-0.2, -0.15) is 0 Å². The molecule has 0 aliphatic rings. The molecule has 3 heteroatoms. The van der Waals surface area contributed by atoms with Crippen molar-refractivity contribution < 1.29 is 5.11 Å². The number of aliphatic hydroxyl groups is 1. The lowest BCUT2D eigenvalue weighted by Gasteiger charge is -2.12. The largest absolute Gasteiger partial charge is 0.388 e. The van der Waals surface area contributed by atoms with Crippen LogP contribution in [0, 0.1) is 0 Å². The van der Waals surface area contributed by atoms with Gasteiger partial charge in [0, 0.05) is 15.1 Å². The van der Waals surface area contributed by atoms with Crippen molar-refractivity contribution in [2.45, 2.75) is 25.4 Å². The third kappa shape index (κ3) is 3.98. The zero-order valence-electron chi connectivity index (χ0n) is 8.42.